The fourth-order valence-electron chi connectivity index (χ4n) is 3.02. The number of H-pyrrole nitrogens is 1. The lowest BCUT2D eigenvalue weighted by Crippen LogP contribution is -2.32. The van der Waals surface area contributed by atoms with Gasteiger partial charge in [-0.25, -0.2) is 0 Å². The van der Waals surface area contributed by atoms with E-state index in [9.17, 15) is 4.79 Å². The molecule has 0 spiro atoms. The predicted molar refractivity (Wildman–Crippen MR) is 86.0 cm³/mol. The maximum Gasteiger partial charge on any atom is 0.227 e. The Labute approximate surface area is 135 Å². The van der Waals surface area contributed by atoms with E-state index < -0.39 is 0 Å². The van der Waals surface area contributed by atoms with Gasteiger partial charge in [0.05, 0.1) is 12.5 Å². The molecular formula is C14H15N5OS2. The van der Waals surface area contributed by atoms with Gasteiger partial charge in [-0.2, -0.15) is 5.21 Å². The highest BCUT2D eigenvalue weighted by Crippen LogP contribution is 2.35. The van der Waals surface area contributed by atoms with Crippen LogP contribution in [0.3, 0.4) is 0 Å². The first-order valence-corrected chi connectivity index (χ1v) is 8.91. The van der Waals surface area contributed by atoms with Crippen LogP contribution >= 0.6 is 22.7 Å². The van der Waals surface area contributed by atoms with Crippen LogP contribution in [0.5, 0.6) is 0 Å². The fraction of sp³-hybridized carbons (Fsp3) is 0.429. The molecule has 3 aromatic heterocycles. The van der Waals surface area contributed by atoms with Crippen LogP contribution in [0.1, 0.15) is 35.1 Å². The van der Waals surface area contributed by atoms with Crippen molar-refractivity contribution in [2.24, 2.45) is 0 Å². The summed E-state index contributed by atoms with van der Waals surface area (Å²) >= 11 is 3.49. The topological polar surface area (TPSA) is 74.8 Å². The molecule has 1 fully saturated rings. The van der Waals surface area contributed by atoms with Crippen molar-refractivity contribution in [1.82, 2.24) is 25.5 Å². The summed E-state index contributed by atoms with van der Waals surface area (Å²) in [6, 6.07) is 2.15. The number of carbonyl (C=O) groups is 1. The third kappa shape index (κ3) is 2.32. The highest BCUT2D eigenvalue weighted by atomic mass is 32.1. The van der Waals surface area contributed by atoms with E-state index in [2.05, 4.69) is 39.0 Å². The number of aromatic nitrogens is 4. The molecule has 0 aromatic carbocycles. The van der Waals surface area contributed by atoms with E-state index in [1.165, 1.54) is 14.3 Å². The first kappa shape index (κ1) is 13.8. The van der Waals surface area contributed by atoms with E-state index in [0.717, 1.165) is 24.9 Å². The number of nitrogens with zero attached hydrogens (tertiary/aromatic N) is 4. The maximum atomic E-state index is 12.7. The van der Waals surface area contributed by atoms with Crippen molar-refractivity contribution in [2.75, 3.05) is 6.54 Å². The minimum absolute atomic E-state index is 0.0366. The molecular weight excluding hydrogens is 318 g/mol. The summed E-state index contributed by atoms with van der Waals surface area (Å²) in [5.74, 6) is 0.770. The van der Waals surface area contributed by atoms with E-state index in [4.69, 9.17) is 0 Å². The monoisotopic (exact) mass is 333 g/mol. The molecule has 1 N–H and O–H groups in total. The van der Waals surface area contributed by atoms with Gasteiger partial charge in [0.1, 0.15) is 0 Å². The van der Waals surface area contributed by atoms with Gasteiger partial charge in [-0.1, -0.05) is 5.21 Å². The number of carbonyl (C=O) groups excluding carboxylic acids is 1. The number of amides is 1. The largest absolute Gasteiger partial charge is 0.332 e. The molecule has 3 aromatic rings. The quantitative estimate of drug-likeness (QED) is 0.799. The number of hydrogen-bond acceptors (Lipinski definition) is 6. The minimum atomic E-state index is -0.0366. The van der Waals surface area contributed by atoms with Crippen molar-refractivity contribution < 1.29 is 4.79 Å². The number of fused-ring (bicyclic) bond motifs is 1. The highest BCUT2D eigenvalue weighted by Gasteiger charge is 2.32. The van der Waals surface area contributed by atoms with Crippen LogP contribution in [-0.2, 0) is 11.2 Å². The zero-order valence-corrected chi connectivity index (χ0v) is 13.7. The van der Waals surface area contributed by atoms with E-state index in [1.54, 1.807) is 22.7 Å². The fourth-order valence-corrected chi connectivity index (χ4v) is 5.31. The molecule has 1 aliphatic rings. The number of aromatic amines is 1. The Balaban J connectivity index is 1.56. The van der Waals surface area contributed by atoms with Gasteiger partial charge in [0.25, 0.3) is 0 Å². The Hall–Kier alpha value is -1.80. The third-order valence-corrected chi connectivity index (χ3v) is 6.25. The molecule has 1 amide bonds. The molecule has 1 atom stereocenters. The van der Waals surface area contributed by atoms with Crippen LogP contribution in [-0.4, -0.2) is 38.0 Å². The van der Waals surface area contributed by atoms with E-state index in [0.29, 0.717) is 12.2 Å². The summed E-state index contributed by atoms with van der Waals surface area (Å²) < 4.78 is 2.53. The Bertz CT molecular complexity index is 807. The molecule has 6 nitrogen and oxygen atoms in total. The second kappa shape index (κ2) is 5.44. The zero-order valence-electron chi connectivity index (χ0n) is 12.1. The van der Waals surface area contributed by atoms with Crippen LogP contribution in [0.4, 0.5) is 0 Å². The summed E-state index contributed by atoms with van der Waals surface area (Å²) in [5.41, 5.74) is 1.14. The average Bonchev–Trinajstić information content (AvgIpc) is 3.21. The first-order valence-electron chi connectivity index (χ1n) is 7.21. The van der Waals surface area contributed by atoms with Gasteiger partial charge in [-0.3, -0.25) is 4.79 Å². The number of thiophene rings is 2. The number of hydrogen-bond donors (Lipinski definition) is 1. The Morgan fingerprint density at radius 2 is 2.45 bits per heavy atom. The molecule has 114 valence electrons. The van der Waals surface area contributed by atoms with Gasteiger partial charge >= 0.3 is 0 Å². The summed E-state index contributed by atoms with van der Waals surface area (Å²) in [7, 11) is 0. The Morgan fingerprint density at radius 3 is 3.27 bits per heavy atom. The molecule has 1 aliphatic heterocycles. The standard InChI is InChI=1S/C14H15N5OS2/c1-8-5-11-13(22-8)9(7-21-11)6-12(20)19-4-2-3-10(19)14-15-17-18-16-14/h5,7,10H,2-4,6H2,1H3,(H,15,16,17,18). The van der Waals surface area contributed by atoms with Crippen molar-refractivity contribution in [1.29, 1.82) is 0 Å². The first-order chi connectivity index (χ1) is 10.7. The maximum absolute atomic E-state index is 12.7. The summed E-state index contributed by atoms with van der Waals surface area (Å²) in [5, 5.41) is 16.3. The smallest absolute Gasteiger partial charge is 0.227 e. The third-order valence-electron chi connectivity index (χ3n) is 4.02. The molecule has 1 unspecified atom stereocenters. The number of tetrazole rings is 1. The van der Waals surface area contributed by atoms with Gasteiger partial charge < -0.3 is 4.90 Å². The van der Waals surface area contributed by atoms with Crippen molar-refractivity contribution in [3.05, 3.63) is 27.7 Å². The zero-order chi connectivity index (χ0) is 15.1. The molecule has 1 saturated heterocycles. The number of likely N-dealkylation sites (tertiary alicyclic amines) is 1. The van der Waals surface area contributed by atoms with Crippen molar-refractivity contribution in [3.63, 3.8) is 0 Å². The molecule has 0 bridgehead atoms. The second-order valence-corrected chi connectivity index (χ2v) is 7.67. The van der Waals surface area contributed by atoms with Crippen molar-refractivity contribution in [2.45, 2.75) is 32.2 Å². The van der Waals surface area contributed by atoms with Crippen LogP contribution < -0.4 is 0 Å². The lowest BCUT2D eigenvalue weighted by molar-refractivity contribution is -0.131. The second-order valence-electron chi connectivity index (χ2n) is 5.50. The lowest BCUT2D eigenvalue weighted by atomic mass is 10.2. The van der Waals surface area contributed by atoms with Crippen LogP contribution in [0.2, 0.25) is 0 Å². The van der Waals surface area contributed by atoms with E-state index >= 15 is 0 Å². The van der Waals surface area contributed by atoms with Crippen LogP contribution in [0.15, 0.2) is 11.4 Å². The predicted octanol–water partition coefficient (Wildman–Crippen LogP) is 2.69. The van der Waals surface area contributed by atoms with Crippen LogP contribution in [0.25, 0.3) is 9.40 Å². The van der Waals surface area contributed by atoms with E-state index in [1.807, 2.05) is 4.90 Å². The molecule has 4 heterocycles. The number of nitrogens with one attached hydrogen (secondary N) is 1. The number of aryl methyl sites for hydroxylation is 1. The summed E-state index contributed by atoms with van der Waals surface area (Å²) in [4.78, 5) is 15.9. The van der Waals surface area contributed by atoms with Crippen LogP contribution in [0, 0.1) is 6.92 Å². The summed E-state index contributed by atoms with van der Waals surface area (Å²) in [6.07, 6.45) is 2.35. The molecule has 22 heavy (non-hydrogen) atoms. The molecule has 0 saturated carbocycles. The molecule has 4 rings (SSSR count). The van der Waals surface area contributed by atoms with Gasteiger partial charge in [0, 0.05) is 20.8 Å². The molecule has 0 aliphatic carbocycles. The summed E-state index contributed by atoms with van der Waals surface area (Å²) in [6.45, 7) is 2.88. The minimum Gasteiger partial charge on any atom is -0.332 e. The SMILES string of the molecule is Cc1cc2scc(CC(=O)N3CCCC3c3nn[nH]n3)c2s1. The molecule has 8 heteroatoms. The van der Waals surface area contributed by atoms with Gasteiger partial charge in [-0.15, -0.1) is 32.9 Å². The van der Waals surface area contributed by atoms with Gasteiger partial charge in [0.15, 0.2) is 5.82 Å². The molecule has 0 radical (unpaired) electrons. The normalized spacial score (nSPS) is 18.4. The van der Waals surface area contributed by atoms with Gasteiger partial charge in [0.2, 0.25) is 5.91 Å². The highest BCUT2D eigenvalue weighted by molar-refractivity contribution is 7.27. The average molecular weight is 333 g/mol. The lowest BCUT2D eigenvalue weighted by Gasteiger charge is -2.22. The Morgan fingerprint density at radius 1 is 1.55 bits per heavy atom. The van der Waals surface area contributed by atoms with Crippen molar-refractivity contribution in [3.8, 4) is 0 Å². The Kier molecular flexibility index (Phi) is 3.42. The van der Waals surface area contributed by atoms with Gasteiger partial charge in [-0.05, 0) is 36.8 Å². The van der Waals surface area contributed by atoms with E-state index in [-0.39, 0.29) is 11.9 Å². The number of rotatable bonds is 3. The van der Waals surface area contributed by atoms with Crippen molar-refractivity contribution >= 4 is 38.0 Å².